The highest BCUT2D eigenvalue weighted by atomic mass is 19.4. The number of ether oxygens (including phenoxy) is 4. The van der Waals surface area contributed by atoms with Gasteiger partial charge in [-0.1, -0.05) is 30.3 Å². The lowest BCUT2D eigenvalue weighted by molar-refractivity contribution is -0.311. The number of nitrogens with zero attached hydrogens (tertiary/aromatic N) is 3. The molecule has 18 heteroatoms. The van der Waals surface area contributed by atoms with E-state index in [-0.39, 0.29) is 19.6 Å². The van der Waals surface area contributed by atoms with Crippen molar-refractivity contribution in [3.05, 3.63) is 59.1 Å². The summed E-state index contributed by atoms with van der Waals surface area (Å²) in [5.41, 5.74) is -8.81. The first kappa shape index (κ1) is 36.2. The highest BCUT2D eigenvalue weighted by molar-refractivity contribution is 5.94. The van der Waals surface area contributed by atoms with Crippen LogP contribution in [0.4, 0.5) is 36.8 Å². The van der Waals surface area contributed by atoms with E-state index in [1.54, 1.807) is 18.2 Å². The number of carbonyl (C=O) groups excluding carboxylic acids is 2. The maximum Gasteiger partial charge on any atom is 0.428 e. The molecule has 0 saturated carbocycles. The number of amides is 1. The van der Waals surface area contributed by atoms with Crippen LogP contribution in [0.2, 0.25) is 0 Å². The number of esters is 1. The van der Waals surface area contributed by atoms with Crippen LogP contribution in [0.15, 0.2) is 40.8 Å². The number of pyridine rings is 1. The highest BCUT2D eigenvalue weighted by Gasteiger charge is 2.62. The lowest BCUT2D eigenvalue weighted by atomic mass is 10.0. The van der Waals surface area contributed by atoms with Gasteiger partial charge in [-0.2, -0.15) is 26.3 Å². The molecule has 2 heterocycles. The summed E-state index contributed by atoms with van der Waals surface area (Å²) in [6.07, 6.45) is -11.8. The number of aliphatic hydroxyl groups is 1. The summed E-state index contributed by atoms with van der Waals surface area (Å²) < 4.78 is 112. The van der Waals surface area contributed by atoms with E-state index < -0.39 is 83.3 Å². The van der Waals surface area contributed by atoms with Crippen LogP contribution in [0.3, 0.4) is 0 Å². The van der Waals surface area contributed by atoms with Crippen LogP contribution in [0.5, 0.6) is 0 Å². The Morgan fingerprint density at radius 3 is 2.26 bits per heavy atom. The van der Waals surface area contributed by atoms with Gasteiger partial charge >= 0.3 is 24.4 Å². The van der Waals surface area contributed by atoms with Crippen LogP contribution in [-0.2, 0) is 37.3 Å². The first-order valence-electron chi connectivity index (χ1n) is 13.4. The Morgan fingerprint density at radius 2 is 1.70 bits per heavy atom. The standard InChI is InChI=1S/C28H30F6N4O8/c1-25(2,3)46-24(41)35-18-13-17(27(29,30)31)19(22(40)42-4)36-20(18)21-37-38-23(45-21)26(28(32,33)34,15-43-12-8-11-39)44-14-16-9-6-5-7-10-16/h5-7,9-10,13,39H,8,11-12,14-15H2,1-4H3,(H,35,41). The van der Waals surface area contributed by atoms with E-state index >= 15 is 0 Å². The molecule has 1 aromatic carbocycles. The van der Waals surface area contributed by atoms with Gasteiger partial charge in [0.1, 0.15) is 5.60 Å². The Hall–Kier alpha value is -4.29. The smallest absolute Gasteiger partial charge is 0.428 e. The molecule has 46 heavy (non-hydrogen) atoms. The first-order valence-corrected chi connectivity index (χ1v) is 13.4. The summed E-state index contributed by atoms with van der Waals surface area (Å²) in [4.78, 5) is 28.5. The Labute approximate surface area is 258 Å². The Morgan fingerprint density at radius 1 is 1.02 bits per heavy atom. The molecule has 0 aliphatic heterocycles. The molecule has 252 valence electrons. The van der Waals surface area contributed by atoms with Gasteiger partial charge in [-0.25, -0.2) is 14.6 Å². The molecule has 0 spiro atoms. The molecule has 1 unspecified atom stereocenters. The first-order chi connectivity index (χ1) is 21.4. The van der Waals surface area contributed by atoms with Crippen LogP contribution in [0.1, 0.15) is 54.7 Å². The number of hydrogen-bond donors (Lipinski definition) is 2. The van der Waals surface area contributed by atoms with Crippen molar-refractivity contribution in [3.63, 3.8) is 0 Å². The number of anilines is 1. The molecule has 3 rings (SSSR count). The fourth-order valence-electron chi connectivity index (χ4n) is 3.75. The maximum atomic E-state index is 14.8. The normalized spacial score (nSPS) is 13.6. The second-order valence-electron chi connectivity index (χ2n) is 10.5. The molecule has 0 radical (unpaired) electrons. The van der Waals surface area contributed by atoms with Crippen molar-refractivity contribution in [2.75, 3.05) is 32.2 Å². The molecule has 0 saturated heterocycles. The van der Waals surface area contributed by atoms with E-state index in [0.717, 1.165) is 7.11 Å². The van der Waals surface area contributed by atoms with Crippen molar-refractivity contribution in [2.24, 2.45) is 0 Å². The van der Waals surface area contributed by atoms with Gasteiger partial charge < -0.3 is 28.5 Å². The van der Waals surface area contributed by atoms with Gasteiger partial charge in [0.2, 0.25) is 0 Å². The Balaban J connectivity index is 2.21. The maximum absolute atomic E-state index is 14.8. The van der Waals surface area contributed by atoms with Crippen LogP contribution in [0.25, 0.3) is 11.6 Å². The monoisotopic (exact) mass is 664 g/mol. The predicted octanol–water partition coefficient (Wildman–Crippen LogP) is 5.66. The summed E-state index contributed by atoms with van der Waals surface area (Å²) >= 11 is 0. The van der Waals surface area contributed by atoms with Gasteiger partial charge in [0.05, 0.1) is 31.6 Å². The third kappa shape index (κ3) is 8.91. The zero-order valence-corrected chi connectivity index (χ0v) is 24.9. The van der Waals surface area contributed by atoms with E-state index in [1.165, 1.54) is 32.9 Å². The van der Waals surface area contributed by atoms with Gasteiger partial charge in [-0.15, -0.1) is 10.2 Å². The molecule has 1 atom stereocenters. The SMILES string of the molecule is COC(=O)c1nc(-c2nnc(C(COCCCO)(OCc3ccccc3)C(F)(F)F)o2)c(NC(=O)OC(C)(C)C)cc1C(F)(F)F. The zero-order chi connectivity index (χ0) is 34.3. The van der Waals surface area contributed by atoms with Crippen molar-refractivity contribution < 1.29 is 64.4 Å². The van der Waals surface area contributed by atoms with Crippen molar-refractivity contribution in [1.29, 1.82) is 0 Å². The van der Waals surface area contributed by atoms with Crippen LogP contribution in [0, 0.1) is 0 Å². The molecular weight excluding hydrogens is 634 g/mol. The lowest BCUT2D eigenvalue weighted by Gasteiger charge is -2.32. The molecule has 12 nitrogen and oxygen atoms in total. The summed E-state index contributed by atoms with van der Waals surface area (Å²) in [5, 5.41) is 18.1. The molecule has 3 aromatic rings. The topological polar surface area (TPSA) is 155 Å². The number of halogens is 6. The molecule has 2 N–H and O–H groups in total. The summed E-state index contributed by atoms with van der Waals surface area (Å²) in [7, 11) is 0.778. The number of methoxy groups -OCH3 is 1. The largest absolute Gasteiger partial charge is 0.464 e. The summed E-state index contributed by atoms with van der Waals surface area (Å²) in [6.45, 7) is 1.83. The van der Waals surface area contributed by atoms with Crippen molar-refractivity contribution in [3.8, 4) is 11.6 Å². The minimum Gasteiger partial charge on any atom is -0.464 e. The second-order valence-corrected chi connectivity index (χ2v) is 10.5. The Kier molecular flexibility index (Phi) is 11.3. The van der Waals surface area contributed by atoms with E-state index in [0.29, 0.717) is 11.6 Å². The number of carbonyl (C=O) groups is 2. The van der Waals surface area contributed by atoms with Gasteiger partial charge in [0.25, 0.3) is 17.4 Å². The number of alkyl halides is 6. The third-order valence-corrected chi connectivity index (χ3v) is 5.85. The number of nitrogens with one attached hydrogen (secondary N) is 1. The molecule has 0 aliphatic carbocycles. The molecule has 0 aliphatic rings. The number of benzene rings is 1. The summed E-state index contributed by atoms with van der Waals surface area (Å²) in [5.74, 6) is -3.74. The molecule has 0 fully saturated rings. The molecule has 0 bridgehead atoms. The van der Waals surface area contributed by atoms with Crippen LogP contribution in [-0.4, -0.2) is 71.1 Å². The highest BCUT2D eigenvalue weighted by Crippen LogP contribution is 2.44. The zero-order valence-electron chi connectivity index (χ0n) is 24.9. The number of aliphatic hydroxyl groups excluding tert-OH is 1. The fourth-order valence-corrected chi connectivity index (χ4v) is 3.75. The van der Waals surface area contributed by atoms with E-state index in [9.17, 15) is 35.9 Å². The van der Waals surface area contributed by atoms with Gasteiger partial charge in [0, 0.05) is 13.2 Å². The van der Waals surface area contributed by atoms with E-state index in [4.69, 9.17) is 23.7 Å². The number of rotatable bonds is 12. The average Bonchev–Trinajstić information content (AvgIpc) is 3.45. The van der Waals surface area contributed by atoms with Crippen molar-refractivity contribution >= 4 is 17.7 Å². The fraction of sp³-hybridized carbons (Fsp3) is 0.464. The van der Waals surface area contributed by atoms with E-state index in [1.807, 2.05) is 5.32 Å². The lowest BCUT2D eigenvalue weighted by Crippen LogP contribution is -2.49. The minimum atomic E-state index is -5.28. The van der Waals surface area contributed by atoms with Gasteiger partial charge in [-0.05, 0) is 38.8 Å². The number of hydrogen-bond acceptors (Lipinski definition) is 11. The van der Waals surface area contributed by atoms with Gasteiger partial charge in [0.15, 0.2) is 11.4 Å². The minimum absolute atomic E-state index is 0.0207. The summed E-state index contributed by atoms with van der Waals surface area (Å²) in [6, 6.07) is 8.02. The quantitative estimate of drug-likeness (QED) is 0.140. The Bertz CT molecular complexity index is 1490. The number of aromatic nitrogens is 3. The predicted molar refractivity (Wildman–Crippen MR) is 145 cm³/mol. The van der Waals surface area contributed by atoms with Crippen LogP contribution >= 0.6 is 0 Å². The van der Waals surface area contributed by atoms with E-state index in [2.05, 4.69) is 19.9 Å². The van der Waals surface area contributed by atoms with Crippen molar-refractivity contribution in [2.45, 2.75) is 57.4 Å². The van der Waals surface area contributed by atoms with Crippen LogP contribution < -0.4 is 5.32 Å². The van der Waals surface area contributed by atoms with Gasteiger partial charge in [-0.3, -0.25) is 5.32 Å². The second kappa shape index (κ2) is 14.4. The van der Waals surface area contributed by atoms with Crippen molar-refractivity contribution in [1.82, 2.24) is 15.2 Å². The molecular formula is C28H30F6N4O8. The third-order valence-electron chi connectivity index (χ3n) is 5.85. The molecule has 2 aromatic heterocycles. The average molecular weight is 665 g/mol. The molecule has 1 amide bonds.